The molecule has 0 saturated carbocycles. The smallest absolute Gasteiger partial charge is 0.194 e. The van der Waals surface area contributed by atoms with Gasteiger partial charge in [-0.2, -0.15) is 0 Å². The largest absolute Gasteiger partial charge is 0.370 e. The molecule has 0 amide bonds. The molecule has 0 aliphatic heterocycles. The Labute approximate surface area is 125 Å². The molecule has 0 aliphatic rings. The maximum absolute atomic E-state index is 7.58. The van der Waals surface area contributed by atoms with E-state index in [2.05, 4.69) is 16.9 Å². The molecule has 4 N–H and O–H groups in total. The summed E-state index contributed by atoms with van der Waals surface area (Å²) in [5, 5.41) is 11.0. The fraction of sp³-hybridized carbons (Fsp3) is 0.357. The molecule has 108 valence electrons. The van der Waals surface area contributed by atoms with Crippen LogP contribution in [0.15, 0.2) is 31.0 Å². The Morgan fingerprint density at radius 1 is 1.65 bits per heavy atom. The van der Waals surface area contributed by atoms with Crippen molar-refractivity contribution < 1.29 is 0 Å². The van der Waals surface area contributed by atoms with Crippen LogP contribution in [0.4, 0.5) is 0 Å². The van der Waals surface area contributed by atoms with Crippen LogP contribution in [0.5, 0.6) is 0 Å². The molecule has 20 heavy (non-hydrogen) atoms. The Morgan fingerprint density at radius 3 is 3.00 bits per heavy atom. The zero-order valence-corrected chi connectivity index (χ0v) is 12.5. The second-order valence-electron chi connectivity index (χ2n) is 4.38. The van der Waals surface area contributed by atoms with Crippen LogP contribution in [0.3, 0.4) is 0 Å². The van der Waals surface area contributed by atoms with Gasteiger partial charge in [-0.05, 0) is 43.6 Å². The van der Waals surface area contributed by atoms with Crippen LogP contribution in [0, 0.1) is 12.3 Å². The number of rotatable bonds is 6. The highest BCUT2D eigenvalue weighted by atomic mass is 32.1. The Bertz CT molecular complexity index is 486. The van der Waals surface area contributed by atoms with E-state index in [1.54, 1.807) is 17.2 Å². The van der Waals surface area contributed by atoms with E-state index in [-0.39, 0.29) is 5.96 Å². The molecule has 5 nitrogen and oxygen atoms in total. The lowest BCUT2D eigenvalue weighted by atomic mass is 10.1. The molecule has 0 saturated heterocycles. The summed E-state index contributed by atoms with van der Waals surface area (Å²) in [4.78, 5) is 5.93. The maximum atomic E-state index is 7.58. The van der Waals surface area contributed by atoms with Crippen LogP contribution in [0.25, 0.3) is 0 Å². The minimum absolute atomic E-state index is 0.0516. The van der Waals surface area contributed by atoms with Gasteiger partial charge in [-0.1, -0.05) is 12.1 Å². The highest BCUT2D eigenvalue weighted by molar-refractivity contribution is 7.80. The fourth-order valence-electron chi connectivity index (χ4n) is 1.77. The van der Waals surface area contributed by atoms with E-state index in [0.717, 1.165) is 18.5 Å². The summed E-state index contributed by atoms with van der Waals surface area (Å²) in [6, 6.07) is 3.97. The maximum Gasteiger partial charge on any atom is 0.194 e. The summed E-state index contributed by atoms with van der Waals surface area (Å²) < 4.78 is 0. The van der Waals surface area contributed by atoms with Crippen molar-refractivity contribution in [2.24, 2.45) is 5.73 Å². The minimum atomic E-state index is -0.0516. The molecule has 0 aromatic carbocycles. The van der Waals surface area contributed by atoms with Gasteiger partial charge < -0.3 is 11.1 Å². The Balaban J connectivity index is 2.51. The Hall–Kier alpha value is -1.95. The highest BCUT2D eigenvalue weighted by Crippen LogP contribution is 2.06. The molecule has 0 aliphatic carbocycles. The lowest BCUT2D eigenvalue weighted by Gasteiger charge is -2.23. The normalized spacial score (nSPS) is 9.85. The summed E-state index contributed by atoms with van der Waals surface area (Å²) in [6.45, 7) is 6.81. The first-order valence-electron chi connectivity index (χ1n) is 6.47. The molecule has 1 heterocycles. The van der Waals surface area contributed by atoms with Gasteiger partial charge in [0, 0.05) is 25.0 Å². The van der Waals surface area contributed by atoms with E-state index in [4.69, 9.17) is 23.4 Å². The zero-order valence-electron chi connectivity index (χ0n) is 11.7. The van der Waals surface area contributed by atoms with Crippen molar-refractivity contribution in [1.82, 2.24) is 15.2 Å². The van der Waals surface area contributed by atoms with Crippen molar-refractivity contribution in [2.75, 3.05) is 13.1 Å². The van der Waals surface area contributed by atoms with E-state index in [1.807, 2.05) is 19.1 Å². The number of aromatic nitrogens is 1. The predicted octanol–water partition coefficient (Wildman–Crippen LogP) is 1.58. The summed E-state index contributed by atoms with van der Waals surface area (Å²) >= 11 is 5.20. The molecular formula is C14H21N5S. The van der Waals surface area contributed by atoms with Gasteiger partial charge in [0.1, 0.15) is 0 Å². The average Bonchev–Trinajstić information content (AvgIpc) is 2.42. The van der Waals surface area contributed by atoms with E-state index < -0.39 is 0 Å². The summed E-state index contributed by atoms with van der Waals surface area (Å²) in [5.74, 6) is -0.0516. The number of nitrogens with two attached hydrogens (primary N) is 1. The third-order valence-electron chi connectivity index (χ3n) is 2.85. The first kappa shape index (κ1) is 16.1. The molecule has 1 aromatic rings. The monoisotopic (exact) mass is 291 g/mol. The van der Waals surface area contributed by atoms with Crippen LogP contribution < -0.4 is 11.1 Å². The van der Waals surface area contributed by atoms with Crippen LogP contribution in [-0.4, -0.2) is 34.0 Å². The van der Waals surface area contributed by atoms with Gasteiger partial charge in [0.25, 0.3) is 0 Å². The third-order valence-corrected chi connectivity index (χ3v) is 3.21. The van der Waals surface area contributed by atoms with Gasteiger partial charge in [-0.15, -0.1) is 6.58 Å². The molecule has 1 aromatic heterocycles. The molecule has 0 radical (unpaired) electrons. The first-order chi connectivity index (χ1) is 9.56. The molecule has 0 spiro atoms. The number of thiocarbonyl (C=S) groups is 1. The summed E-state index contributed by atoms with van der Waals surface area (Å²) in [6.07, 6.45) is 5.16. The SMILES string of the molecule is C=CCNC(=S)N(CCCc1ncccc1C)C(=N)N. The highest BCUT2D eigenvalue weighted by Gasteiger charge is 2.11. The number of pyridine rings is 1. The van der Waals surface area contributed by atoms with Crippen molar-refractivity contribution >= 4 is 23.3 Å². The quantitative estimate of drug-likeness (QED) is 0.321. The van der Waals surface area contributed by atoms with E-state index in [0.29, 0.717) is 18.2 Å². The molecule has 0 fully saturated rings. The van der Waals surface area contributed by atoms with Gasteiger partial charge in [0.2, 0.25) is 0 Å². The van der Waals surface area contributed by atoms with Crippen LogP contribution in [-0.2, 0) is 6.42 Å². The number of aryl methyl sites for hydroxylation is 2. The van der Waals surface area contributed by atoms with Gasteiger partial charge in [-0.3, -0.25) is 15.3 Å². The minimum Gasteiger partial charge on any atom is -0.370 e. The average molecular weight is 291 g/mol. The standard InChI is InChI=1S/C14H21N5S/c1-3-8-18-14(20)19(13(15)16)10-5-7-12-11(2)6-4-9-17-12/h3-4,6,9H,1,5,7-8,10H2,2H3,(H3,15,16)(H,18,20). The molecule has 0 unspecified atom stereocenters. The molecule has 0 atom stereocenters. The second kappa shape index (κ2) is 8.27. The van der Waals surface area contributed by atoms with Crippen molar-refractivity contribution in [3.63, 3.8) is 0 Å². The molecule has 6 heteroatoms. The summed E-state index contributed by atoms with van der Waals surface area (Å²) in [7, 11) is 0. The number of nitrogens with zero attached hydrogens (tertiary/aromatic N) is 2. The van der Waals surface area contributed by atoms with Gasteiger partial charge in [0.15, 0.2) is 11.1 Å². The number of hydrogen-bond acceptors (Lipinski definition) is 3. The van der Waals surface area contributed by atoms with Crippen molar-refractivity contribution in [3.05, 3.63) is 42.2 Å². The van der Waals surface area contributed by atoms with Crippen molar-refractivity contribution in [1.29, 1.82) is 5.41 Å². The van der Waals surface area contributed by atoms with Crippen LogP contribution in [0.1, 0.15) is 17.7 Å². The molecule has 0 bridgehead atoms. The fourth-order valence-corrected chi connectivity index (χ4v) is 2.04. The van der Waals surface area contributed by atoms with Gasteiger partial charge >= 0.3 is 0 Å². The lowest BCUT2D eigenvalue weighted by Crippen LogP contribution is -2.47. The topological polar surface area (TPSA) is 78.0 Å². The van der Waals surface area contributed by atoms with Gasteiger partial charge in [-0.25, -0.2) is 0 Å². The van der Waals surface area contributed by atoms with Crippen molar-refractivity contribution in [2.45, 2.75) is 19.8 Å². The van der Waals surface area contributed by atoms with Crippen LogP contribution >= 0.6 is 12.2 Å². The third kappa shape index (κ3) is 4.97. The second-order valence-corrected chi connectivity index (χ2v) is 4.77. The van der Waals surface area contributed by atoms with Crippen molar-refractivity contribution in [3.8, 4) is 0 Å². The first-order valence-corrected chi connectivity index (χ1v) is 6.88. The summed E-state index contributed by atoms with van der Waals surface area (Å²) in [5.41, 5.74) is 7.80. The van der Waals surface area contributed by atoms with E-state index in [9.17, 15) is 0 Å². The molecular weight excluding hydrogens is 270 g/mol. The predicted molar refractivity (Wildman–Crippen MR) is 86.7 cm³/mol. The Kier molecular flexibility index (Phi) is 6.66. The van der Waals surface area contributed by atoms with E-state index in [1.165, 1.54) is 5.56 Å². The van der Waals surface area contributed by atoms with Gasteiger partial charge in [0.05, 0.1) is 0 Å². The van der Waals surface area contributed by atoms with Crippen LogP contribution in [0.2, 0.25) is 0 Å². The lowest BCUT2D eigenvalue weighted by molar-refractivity contribution is 0.554. The number of guanidine groups is 1. The number of nitrogens with one attached hydrogen (secondary N) is 2. The van der Waals surface area contributed by atoms with E-state index >= 15 is 0 Å². The Morgan fingerprint density at radius 2 is 2.40 bits per heavy atom. The zero-order chi connectivity index (χ0) is 15.0. The number of hydrogen-bond donors (Lipinski definition) is 3. The molecule has 1 rings (SSSR count).